The number of hydrogen-bond acceptors (Lipinski definition) is 4. The molecule has 1 fully saturated rings. The minimum atomic E-state index is 0.370. The number of halogens is 1. The van der Waals surface area contributed by atoms with E-state index < -0.39 is 0 Å². The molecule has 0 aromatic carbocycles. The van der Waals surface area contributed by atoms with Gasteiger partial charge in [-0.25, -0.2) is 4.98 Å². The maximum atomic E-state index is 5.88. The van der Waals surface area contributed by atoms with Gasteiger partial charge in [-0.1, -0.05) is 0 Å². The van der Waals surface area contributed by atoms with E-state index in [4.69, 9.17) is 10.5 Å². The SMILES string of the molecule is COC1CCC(Nc2ncc(Br)cc2N)C1. The molecule has 0 spiro atoms. The monoisotopic (exact) mass is 285 g/mol. The van der Waals surface area contributed by atoms with Crippen LogP contribution >= 0.6 is 15.9 Å². The van der Waals surface area contributed by atoms with Crippen molar-refractivity contribution in [3.63, 3.8) is 0 Å². The van der Waals surface area contributed by atoms with Crippen molar-refractivity contribution in [2.24, 2.45) is 0 Å². The normalized spacial score (nSPS) is 24.6. The van der Waals surface area contributed by atoms with Crippen molar-refractivity contribution in [1.82, 2.24) is 4.98 Å². The molecule has 0 aliphatic heterocycles. The van der Waals surface area contributed by atoms with Gasteiger partial charge >= 0.3 is 0 Å². The standard InChI is InChI=1S/C11H16BrN3O/c1-16-9-3-2-8(5-9)15-11-10(13)4-7(12)6-14-11/h4,6,8-9H,2-3,5,13H2,1H3,(H,14,15). The van der Waals surface area contributed by atoms with Crippen molar-refractivity contribution < 1.29 is 4.74 Å². The Morgan fingerprint density at radius 3 is 3.00 bits per heavy atom. The number of hydrogen-bond donors (Lipinski definition) is 2. The third-order valence-electron chi connectivity index (χ3n) is 2.94. The second-order valence-electron chi connectivity index (χ2n) is 4.10. The molecule has 1 heterocycles. The lowest BCUT2D eigenvalue weighted by atomic mass is 10.2. The maximum absolute atomic E-state index is 5.88. The third kappa shape index (κ3) is 2.65. The summed E-state index contributed by atoms with van der Waals surface area (Å²) in [6.45, 7) is 0. The fraction of sp³-hybridized carbons (Fsp3) is 0.545. The minimum absolute atomic E-state index is 0.370. The van der Waals surface area contributed by atoms with Crippen molar-refractivity contribution in [2.75, 3.05) is 18.2 Å². The summed E-state index contributed by atoms with van der Waals surface area (Å²) in [6, 6.07) is 2.28. The molecule has 0 saturated heterocycles. The van der Waals surface area contributed by atoms with Crippen LogP contribution in [-0.2, 0) is 4.74 Å². The molecule has 0 bridgehead atoms. The summed E-state index contributed by atoms with van der Waals surface area (Å²) in [5.74, 6) is 0.768. The summed E-state index contributed by atoms with van der Waals surface area (Å²) < 4.78 is 6.23. The zero-order valence-corrected chi connectivity index (χ0v) is 10.8. The number of nitrogen functional groups attached to an aromatic ring is 1. The molecule has 0 radical (unpaired) electrons. The van der Waals surface area contributed by atoms with Crippen molar-refractivity contribution in [1.29, 1.82) is 0 Å². The van der Waals surface area contributed by atoms with E-state index in [-0.39, 0.29) is 0 Å². The summed E-state index contributed by atoms with van der Waals surface area (Å²) in [6.07, 6.45) is 5.35. The van der Waals surface area contributed by atoms with E-state index >= 15 is 0 Å². The molecule has 16 heavy (non-hydrogen) atoms. The van der Waals surface area contributed by atoms with E-state index in [1.54, 1.807) is 13.3 Å². The van der Waals surface area contributed by atoms with Gasteiger partial charge in [-0.15, -0.1) is 0 Å². The molecule has 5 heteroatoms. The van der Waals surface area contributed by atoms with Gasteiger partial charge in [-0.2, -0.15) is 0 Å². The van der Waals surface area contributed by atoms with Crippen molar-refractivity contribution >= 4 is 27.4 Å². The number of nitrogens with one attached hydrogen (secondary N) is 1. The molecule has 1 aliphatic rings. The summed E-state index contributed by atoms with van der Waals surface area (Å²) in [5, 5.41) is 3.36. The second kappa shape index (κ2) is 5.01. The Kier molecular flexibility index (Phi) is 3.66. The first-order valence-electron chi connectivity index (χ1n) is 5.39. The maximum Gasteiger partial charge on any atom is 0.149 e. The molecule has 2 rings (SSSR count). The van der Waals surface area contributed by atoms with Gasteiger partial charge in [-0.05, 0) is 41.3 Å². The van der Waals surface area contributed by atoms with Gasteiger partial charge < -0.3 is 15.8 Å². The predicted molar refractivity (Wildman–Crippen MR) is 68.4 cm³/mol. The number of nitrogens with two attached hydrogens (primary N) is 1. The van der Waals surface area contributed by atoms with Crippen LogP contribution in [0.15, 0.2) is 16.7 Å². The van der Waals surface area contributed by atoms with Crippen molar-refractivity contribution in [2.45, 2.75) is 31.4 Å². The van der Waals surface area contributed by atoms with E-state index in [0.717, 1.165) is 29.6 Å². The average Bonchev–Trinajstić information content (AvgIpc) is 2.70. The molecule has 1 aliphatic carbocycles. The molecule has 2 atom stereocenters. The first-order chi connectivity index (χ1) is 7.69. The highest BCUT2D eigenvalue weighted by Gasteiger charge is 2.24. The largest absolute Gasteiger partial charge is 0.396 e. The van der Waals surface area contributed by atoms with E-state index in [1.165, 1.54) is 0 Å². The van der Waals surface area contributed by atoms with Crippen LogP contribution in [0.1, 0.15) is 19.3 Å². The quantitative estimate of drug-likeness (QED) is 0.895. The Bertz CT molecular complexity index is 372. The van der Waals surface area contributed by atoms with Crippen LogP contribution in [0.4, 0.5) is 11.5 Å². The number of methoxy groups -OCH3 is 1. The molecule has 1 aromatic rings. The molecular weight excluding hydrogens is 270 g/mol. The lowest BCUT2D eigenvalue weighted by molar-refractivity contribution is 0.108. The summed E-state index contributed by atoms with van der Waals surface area (Å²) in [4.78, 5) is 4.27. The highest BCUT2D eigenvalue weighted by atomic mass is 79.9. The van der Waals surface area contributed by atoms with E-state index in [0.29, 0.717) is 17.8 Å². The molecule has 4 nitrogen and oxygen atoms in total. The first-order valence-corrected chi connectivity index (χ1v) is 6.18. The highest BCUT2D eigenvalue weighted by molar-refractivity contribution is 9.10. The van der Waals surface area contributed by atoms with Gasteiger partial charge in [0.25, 0.3) is 0 Å². The van der Waals surface area contributed by atoms with Crippen LogP contribution in [0.25, 0.3) is 0 Å². The van der Waals surface area contributed by atoms with Crippen LogP contribution in [0.2, 0.25) is 0 Å². The smallest absolute Gasteiger partial charge is 0.149 e. The fourth-order valence-electron chi connectivity index (χ4n) is 2.05. The van der Waals surface area contributed by atoms with Gasteiger partial charge in [0.05, 0.1) is 11.8 Å². The molecule has 0 amide bonds. The Labute approximate surface area is 104 Å². The summed E-state index contributed by atoms with van der Waals surface area (Å²) in [7, 11) is 1.76. The Hall–Kier alpha value is -0.810. The fourth-order valence-corrected chi connectivity index (χ4v) is 2.40. The van der Waals surface area contributed by atoms with Crippen LogP contribution in [0.3, 0.4) is 0 Å². The summed E-state index contributed by atoms with van der Waals surface area (Å²) in [5.41, 5.74) is 6.56. The molecule has 3 N–H and O–H groups in total. The third-order valence-corrected chi connectivity index (χ3v) is 3.38. The van der Waals surface area contributed by atoms with Gasteiger partial charge in [0.2, 0.25) is 0 Å². The topological polar surface area (TPSA) is 60.2 Å². The van der Waals surface area contributed by atoms with Gasteiger partial charge in [0, 0.05) is 23.8 Å². The van der Waals surface area contributed by atoms with E-state index in [9.17, 15) is 0 Å². The first kappa shape index (κ1) is 11.7. The van der Waals surface area contributed by atoms with E-state index in [1.807, 2.05) is 6.07 Å². The lowest BCUT2D eigenvalue weighted by Gasteiger charge is -2.15. The molecule has 1 saturated carbocycles. The van der Waals surface area contributed by atoms with Crippen molar-refractivity contribution in [3.8, 4) is 0 Å². The molecule has 1 aromatic heterocycles. The van der Waals surface area contributed by atoms with Crippen LogP contribution in [0.5, 0.6) is 0 Å². The number of anilines is 2. The zero-order valence-electron chi connectivity index (χ0n) is 9.24. The summed E-state index contributed by atoms with van der Waals surface area (Å²) >= 11 is 3.34. The molecule has 88 valence electrons. The second-order valence-corrected chi connectivity index (χ2v) is 5.02. The predicted octanol–water partition coefficient (Wildman–Crippen LogP) is 2.41. The Balaban J connectivity index is 1.99. The zero-order chi connectivity index (χ0) is 11.5. The number of ether oxygens (including phenoxy) is 1. The van der Waals surface area contributed by atoms with Crippen molar-refractivity contribution in [3.05, 3.63) is 16.7 Å². The Morgan fingerprint density at radius 2 is 2.38 bits per heavy atom. The minimum Gasteiger partial charge on any atom is -0.396 e. The van der Waals surface area contributed by atoms with Gasteiger partial charge in [-0.3, -0.25) is 0 Å². The van der Waals surface area contributed by atoms with Gasteiger partial charge in [0.1, 0.15) is 5.82 Å². The molecular formula is C11H16BrN3O. The number of pyridine rings is 1. The van der Waals surface area contributed by atoms with Crippen LogP contribution in [-0.4, -0.2) is 24.2 Å². The lowest BCUT2D eigenvalue weighted by Crippen LogP contribution is -2.18. The average molecular weight is 286 g/mol. The van der Waals surface area contributed by atoms with Gasteiger partial charge in [0.15, 0.2) is 0 Å². The highest BCUT2D eigenvalue weighted by Crippen LogP contribution is 2.27. The number of aromatic nitrogens is 1. The number of nitrogens with zero attached hydrogens (tertiary/aromatic N) is 1. The Morgan fingerprint density at radius 1 is 1.56 bits per heavy atom. The van der Waals surface area contributed by atoms with E-state index in [2.05, 4.69) is 26.2 Å². The van der Waals surface area contributed by atoms with Crippen LogP contribution in [0, 0.1) is 0 Å². The van der Waals surface area contributed by atoms with Crippen LogP contribution < -0.4 is 11.1 Å². The number of rotatable bonds is 3. The molecule has 2 unspecified atom stereocenters.